The molecular weight excluding hydrogens is 280 g/mol. The van der Waals surface area contributed by atoms with Crippen LogP contribution in [-0.4, -0.2) is 44.9 Å². The Labute approximate surface area is 97.2 Å². The Morgan fingerprint density at radius 2 is 1.00 bits per heavy atom. The molecule has 6 nitrogen and oxygen atoms in total. The number of carboxylic acids is 2. The van der Waals surface area contributed by atoms with Crippen LogP contribution in [0.2, 0.25) is 0 Å². The molecule has 0 spiro atoms. The second-order valence-electron chi connectivity index (χ2n) is 1.05. The number of halogens is 2. The summed E-state index contributed by atoms with van der Waals surface area (Å²) in [6.07, 6.45) is 0. The number of alkyl halides is 2. The van der Waals surface area contributed by atoms with E-state index in [0.29, 0.717) is 0 Å². The zero-order chi connectivity index (χ0) is 8.57. The SMILES string of the molecule is O.O.O=C(O)CCl.O=C(O)CCl.[Zn]. The molecule has 0 rings (SSSR count). The molecule has 0 aliphatic carbocycles. The van der Waals surface area contributed by atoms with E-state index in [1.165, 1.54) is 0 Å². The Hall–Kier alpha value is 0.0634. The third kappa shape index (κ3) is 74.0. The summed E-state index contributed by atoms with van der Waals surface area (Å²) in [6.45, 7) is 0. The standard InChI is InChI=1S/2C2H3ClO2.2H2O.Zn/c2*3-1-2(4)5;;;/h2*1H2,(H,4,5);2*1H2;. The van der Waals surface area contributed by atoms with Gasteiger partial charge in [-0.25, -0.2) is 0 Å². The Kier molecular flexibility index (Phi) is 51.1. The largest absolute Gasteiger partial charge is 0.480 e. The van der Waals surface area contributed by atoms with E-state index < -0.39 is 11.9 Å². The second-order valence-corrected chi connectivity index (χ2v) is 1.59. The van der Waals surface area contributed by atoms with Crippen LogP contribution in [0.5, 0.6) is 0 Å². The molecule has 13 heavy (non-hydrogen) atoms. The number of carbonyl (C=O) groups is 2. The Morgan fingerprint density at radius 3 is 1.00 bits per heavy atom. The second kappa shape index (κ2) is 22.7. The molecule has 9 heteroatoms. The quantitative estimate of drug-likeness (QED) is 0.496. The van der Waals surface area contributed by atoms with Crippen molar-refractivity contribution in [1.82, 2.24) is 0 Å². The van der Waals surface area contributed by atoms with Crippen LogP contribution in [0.4, 0.5) is 0 Å². The van der Waals surface area contributed by atoms with E-state index in [1.807, 2.05) is 0 Å². The predicted octanol–water partition coefficient (Wildman–Crippen LogP) is -1.03. The van der Waals surface area contributed by atoms with Gasteiger partial charge in [-0.2, -0.15) is 0 Å². The van der Waals surface area contributed by atoms with Gasteiger partial charge in [0, 0.05) is 19.5 Å². The Balaban J connectivity index is -0.0000000267. The Bertz CT molecular complexity index is 107. The van der Waals surface area contributed by atoms with E-state index in [0.717, 1.165) is 0 Å². The van der Waals surface area contributed by atoms with Gasteiger partial charge in [0.05, 0.1) is 0 Å². The van der Waals surface area contributed by atoms with Gasteiger partial charge >= 0.3 is 11.9 Å². The van der Waals surface area contributed by atoms with Gasteiger partial charge < -0.3 is 21.2 Å². The molecule has 0 saturated heterocycles. The summed E-state index contributed by atoms with van der Waals surface area (Å²) in [4.78, 5) is 18.5. The number of carboxylic acid groups (broad SMARTS) is 2. The Morgan fingerprint density at radius 1 is 0.923 bits per heavy atom. The van der Waals surface area contributed by atoms with E-state index in [1.54, 1.807) is 0 Å². The number of hydrogen-bond donors (Lipinski definition) is 2. The van der Waals surface area contributed by atoms with Crippen molar-refractivity contribution >= 4 is 35.1 Å². The molecule has 0 aromatic rings. The fourth-order valence-electron chi connectivity index (χ4n) is 0. The predicted molar refractivity (Wildman–Crippen MR) is 43.9 cm³/mol. The van der Waals surface area contributed by atoms with E-state index in [2.05, 4.69) is 0 Å². The summed E-state index contributed by atoms with van der Waals surface area (Å²) in [5, 5.41) is 15.2. The first-order valence-electron chi connectivity index (χ1n) is 2.10. The van der Waals surface area contributed by atoms with E-state index in [-0.39, 0.29) is 42.2 Å². The van der Waals surface area contributed by atoms with Gasteiger partial charge in [-0.3, -0.25) is 9.59 Å². The van der Waals surface area contributed by atoms with Gasteiger partial charge in [0.1, 0.15) is 11.8 Å². The first-order chi connectivity index (χ1) is 4.54. The van der Waals surface area contributed by atoms with Gasteiger partial charge in [0.25, 0.3) is 0 Å². The zero-order valence-electron chi connectivity index (χ0n) is 6.59. The minimum Gasteiger partial charge on any atom is -0.480 e. The van der Waals surface area contributed by atoms with Crippen molar-refractivity contribution in [3.8, 4) is 0 Å². The summed E-state index contributed by atoms with van der Waals surface area (Å²) in [5.41, 5.74) is 0. The first kappa shape index (κ1) is 29.2. The van der Waals surface area contributed by atoms with Crippen LogP contribution in [0.1, 0.15) is 0 Å². The minimum atomic E-state index is -0.980. The van der Waals surface area contributed by atoms with Crippen LogP contribution in [0.3, 0.4) is 0 Å². The van der Waals surface area contributed by atoms with Crippen LogP contribution in [0.25, 0.3) is 0 Å². The van der Waals surface area contributed by atoms with Crippen LogP contribution in [0, 0.1) is 0 Å². The smallest absolute Gasteiger partial charge is 0.318 e. The summed E-state index contributed by atoms with van der Waals surface area (Å²) in [6, 6.07) is 0. The monoisotopic (exact) mass is 288 g/mol. The molecule has 0 radical (unpaired) electrons. The van der Waals surface area contributed by atoms with Crippen molar-refractivity contribution < 1.29 is 50.2 Å². The first-order valence-corrected chi connectivity index (χ1v) is 3.17. The molecule has 0 heterocycles. The van der Waals surface area contributed by atoms with Crippen molar-refractivity contribution in [2.75, 3.05) is 11.8 Å². The van der Waals surface area contributed by atoms with E-state index >= 15 is 0 Å². The molecule has 0 aromatic carbocycles. The molecule has 0 bridgehead atoms. The van der Waals surface area contributed by atoms with Gasteiger partial charge in [-0.05, 0) is 0 Å². The van der Waals surface area contributed by atoms with Crippen LogP contribution in [-0.2, 0) is 29.1 Å². The van der Waals surface area contributed by atoms with Gasteiger partial charge in [0.15, 0.2) is 0 Å². The van der Waals surface area contributed by atoms with E-state index in [9.17, 15) is 9.59 Å². The maximum absolute atomic E-state index is 9.24. The molecule has 0 aliphatic heterocycles. The molecule has 78 valence electrons. The number of hydrogen-bond acceptors (Lipinski definition) is 2. The molecule has 0 saturated carbocycles. The van der Waals surface area contributed by atoms with Gasteiger partial charge in [-0.15, -0.1) is 23.2 Å². The summed E-state index contributed by atoms with van der Waals surface area (Å²) in [7, 11) is 0. The minimum absolute atomic E-state index is 0. The molecule has 0 atom stereocenters. The summed E-state index contributed by atoms with van der Waals surface area (Å²) in [5.74, 6) is -2.57. The molecule has 0 aromatic heterocycles. The normalized spacial score (nSPS) is 5.69. The maximum atomic E-state index is 9.24. The van der Waals surface area contributed by atoms with Crippen LogP contribution >= 0.6 is 23.2 Å². The van der Waals surface area contributed by atoms with Crippen LogP contribution in [0.15, 0.2) is 0 Å². The van der Waals surface area contributed by atoms with Crippen molar-refractivity contribution in [3.05, 3.63) is 0 Å². The van der Waals surface area contributed by atoms with Crippen molar-refractivity contribution in [2.24, 2.45) is 0 Å². The summed E-state index contributed by atoms with van der Waals surface area (Å²) >= 11 is 9.47. The van der Waals surface area contributed by atoms with Crippen molar-refractivity contribution in [1.29, 1.82) is 0 Å². The molecule has 0 amide bonds. The summed E-state index contributed by atoms with van der Waals surface area (Å²) < 4.78 is 0. The number of rotatable bonds is 2. The molecule has 0 fully saturated rings. The van der Waals surface area contributed by atoms with Gasteiger partial charge in [-0.1, -0.05) is 0 Å². The molecule has 0 aliphatic rings. The van der Waals surface area contributed by atoms with E-state index in [4.69, 9.17) is 33.4 Å². The van der Waals surface area contributed by atoms with Crippen LogP contribution < -0.4 is 0 Å². The zero-order valence-corrected chi connectivity index (χ0v) is 11.1. The third-order valence-electron chi connectivity index (χ3n) is 0.229. The third-order valence-corrected chi connectivity index (χ3v) is 0.686. The molecule has 6 N–H and O–H groups in total. The maximum Gasteiger partial charge on any atom is 0.318 e. The average molecular weight is 290 g/mol. The fraction of sp³-hybridized carbons (Fsp3) is 0.500. The average Bonchev–Trinajstić information content (AvgIpc) is 1.89. The topological polar surface area (TPSA) is 138 Å². The molecular formula is C4H10Cl2O6Zn. The van der Waals surface area contributed by atoms with Crippen molar-refractivity contribution in [2.45, 2.75) is 0 Å². The fourth-order valence-corrected chi connectivity index (χ4v) is 0. The van der Waals surface area contributed by atoms with Gasteiger partial charge in [0.2, 0.25) is 0 Å². The number of aliphatic carboxylic acids is 2. The molecule has 0 unspecified atom stereocenters. The van der Waals surface area contributed by atoms with Crippen molar-refractivity contribution in [3.63, 3.8) is 0 Å².